The molecule has 19 heavy (non-hydrogen) atoms. The van der Waals surface area contributed by atoms with Crippen molar-refractivity contribution in [3.63, 3.8) is 0 Å². The van der Waals surface area contributed by atoms with Gasteiger partial charge >= 0.3 is 0 Å². The van der Waals surface area contributed by atoms with Crippen molar-refractivity contribution < 1.29 is 9.59 Å². The van der Waals surface area contributed by atoms with Crippen molar-refractivity contribution in [2.24, 2.45) is 0 Å². The number of carbonyl (C=O) groups is 2. The van der Waals surface area contributed by atoms with E-state index in [2.05, 4.69) is 20.4 Å². The summed E-state index contributed by atoms with van der Waals surface area (Å²) in [5.41, 5.74) is 0. The average Bonchev–Trinajstić information content (AvgIpc) is 2.41. The minimum absolute atomic E-state index is 0.0783. The van der Waals surface area contributed by atoms with Gasteiger partial charge in [-0.3, -0.25) is 9.59 Å². The molecule has 0 fully saturated rings. The van der Waals surface area contributed by atoms with Crippen LogP contribution in [-0.4, -0.2) is 76.0 Å². The Kier molecular flexibility index (Phi) is 10.1. The lowest BCUT2D eigenvalue weighted by molar-refractivity contribution is -0.121. The van der Waals surface area contributed by atoms with Crippen molar-refractivity contribution in [1.29, 1.82) is 0 Å². The number of rotatable bonds is 10. The zero-order chi connectivity index (χ0) is 14.7. The summed E-state index contributed by atoms with van der Waals surface area (Å²) in [6, 6.07) is 0. The molecule has 2 N–H and O–H groups in total. The van der Waals surface area contributed by atoms with E-state index < -0.39 is 0 Å². The maximum absolute atomic E-state index is 11.1. The first-order valence-corrected chi connectivity index (χ1v) is 6.77. The van der Waals surface area contributed by atoms with Gasteiger partial charge in [0.05, 0.1) is 0 Å². The number of carbonyl (C=O) groups excluding carboxylic acids is 2. The molecule has 0 aromatic heterocycles. The molecule has 0 aromatic rings. The summed E-state index contributed by atoms with van der Waals surface area (Å²) in [7, 11) is 7.36. The lowest BCUT2D eigenvalue weighted by Gasteiger charge is -2.19. The highest BCUT2D eigenvalue weighted by Crippen LogP contribution is 1.94. The molecule has 6 heteroatoms. The molecule has 6 nitrogen and oxygen atoms in total. The minimum atomic E-state index is 0.0783. The molecule has 112 valence electrons. The summed E-state index contributed by atoms with van der Waals surface area (Å²) >= 11 is 0. The molecule has 2 amide bonds. The number of nitrogens with zero attached hydrogens (tertiary/aromatic N) is 2. The van der Waals surface area contributed by atoms with Gasteiger partial charge in [-0.05, 0) is 33.6 Å². The topological polar surface area (TPSA) is 64.7 Å². The second kappa shape index (κ2) is 10.8. The van der Waals surface area contributed by atoms with Gasteiger partial charge in [0.25, 0.3) is 0 Å². The Hall–Kier alpha value is -1.14. The van der Waals surface area contributed by atoms with E-state index >= 15 is 0 Å². The maximum atomic E-state index is 11.1. The molecular weight excluding hydrogens is 244 g/mol. The Bertz CT molecular complexity index is 245. The third kappa shape index (κ3) is 10.5. The monoisotopic (exact) mass is 272 g/mol. The largest absolute Gasteiger partial charge is 0.359 e. The lowest BCUT2D eigenvalue weighted by atomic mass is 10.3. The highest BCUT2D eigenvalue weighted by molar-refractivity contribution is 5.75. The zero-order valence-corrected chi connectivity index (χ0v) is 12.7. The molecule has 0 saturated heterocycles. The molecule has 0 spiro atoms. The first-order valence-electron chi connectivity index (χ1n) is 6.77. The third-order valence-electron chi connectivity index (χ3n) is 3.08. The minimum Gasteiger partial charge on any atom is -0.359 e. The molecule has 0 atom stereocenters. The fourth-order valence-electron chi connectivity index (χ4n) is 1.67. The van der Waals surface area contributed by atoms with E-state index in [0.717, 1.165) is 32.6 Å². The standard InChI is InChI=1S/C13H28N4O2/c1-14-12(18)6-10-16(3)8-5-9-17(4)11-7-13(19)15-2/h5-11H2,1-4H3,(H,14,18)(H,15,19). The summed E-state index contributed by atoms with van der Waals surface area (Å²) in [5, 5.41) is 5.23. The van der Waals surface area contributed by atoms with E-state index in [1.165, 1.54) is 0 Å². The smallest absolute Gasteiger partial charge is 0.221 e. The van der Waals surface area contributed by atoms with Gasteiger partial charge in [-0.1, -0.05) is 0 Å². The van der Waals surface area contributed by atoms with Crippen LogP contribution in [0.25, 0.3) is 0 Å². The molecule has 0 rings (SSSR count). The molecule has 0 aliphatic rings. The van der Waals surface area contributed by atoms with Crippen LogP contribution in [0.1, 0.15) is 19.3 Å². The predicted octanol–water partition coefficient (Wildman–Crippen LogP) is -0.488. The van der Waals surface area contributed by atoms with Gasteiger partial charge in [0.1, 0.15) is 0 Å². The van der Waals surface area contributed by atoms with Gasteiger partial charge in [-0.25, -0.2) is 0 Å². The molecule has 0 aliphatic heterocycles. The fourth-order valence-corrected chi connectivity index (χ4v) is 1.67. The van der Waals surface area contributed by atoms with Gasteiger partial charge < -0.3 is 20.4 Å². The van der Waals surface area contributed by atoms with Crippen LogP contribution in [0.4, 0.5) is 0 Å². The van der Waals surface area contributed by atoms with E-state index in [0.29, 0.717) is 12.8 Å². The molecule has 0 saturated carbocycles. The van der Waals surface area contributed by atoms with Gasteiger partial charge in [-0.15, -0.1) is 0 Å². The lowest BCUT2D eigenvalue weighted by Crippen LogP contribution is -2.31. The van der Waals surface area contributed by atoms with E-state index in [4.69, 9.17) is 0 Å². The van der Waals surface area contributed by atoms with Gasteiger partial charge in [-0.2, -0.15) is 0 Å². The van der Waals surface area contributed by atoms with Crippen LogP contribution >= 0.6 is 0 Å². The Morgan fingerprint density at radius 2 is 1.16 bits per heavy atom. The SMILES string of the molecule is CNC(=O)CCN(C)CCCN(C)CCC(=O)NC. The molecule has 0 radical (unpaired) electrons. The van der Waals surface area contributed by atoms with Crippen molar-refractivity contribution in [2.75, 3.05) is 54.4 Å². The predicted molar refractivity (Wildman–Crippen MR) is 77.0 cm³/mol. The van der Waals surface area contributed by atoms with Crippen molar-refractivity contribution in [1.82, 2.24) is 20.4 Å². The van der Waals surface area contributed by atoms with Gasteiger partial charge in [0.15, 0.2) is 0 Å². The number of hydrogen-bond donors (Lipinski definition) is 2. The summed E-state index contributed by atoms with van der Waals surface area (Å²) in [6.07, 6.45) is 2.12. The number of hydrogen-bond acceptors (Lipinski definition) is 4. The van der Waals surface area contributed by atoms with Crippen LogP contribution in [0.3, 0.4) is 0 Å². The quantitative estimate of drug-likeness (QED) is 0.563. The van der Waals surface area contributed by atoms with Gasteiger partial charge in [0.2, 0.25) is 11.8 Å². The molecule has 0 aliphatic carbocycles. The number of nitrogens with one attached hydrogen (secondary N) is 2. The Morgan fingerprint density at radius 1 is 0.789 bits per heavy atom. The average molecular weight is 272 g/mol. The highest BCUT2D eigenvalue weighted by Gasteiger charge is 2.05. The van der Waals surface area contributed by atoms with Crippen molar-refractivity contribution in [2.45, 2.75) is 19.3 Å². The van der Waals surface area contributed by atoms with E-state index in [1.807, 2.05) is 14.1 Å². The summed E-state index contributed by atoms with van der Waals surface area (Å²) in [5.74, 6) is 0.157. The van der Waals surface area contributed by atoms with Crippen LogP contribution in [-0.2, 0) is 9.59 Å². The molecule has 0 unspecified atom stereocenters. The second-order valence-electron chi connectivity index (χ2n) is 4.81. The first-order chi connectivity index (χ1) is 8.99. The highest BCUT2D eigenvalue weighted by atomic mass is 16.2. The summed E-state index contributed by atoms with van der Waals surface area (Å²) in [4.78, 5) is 26.5. The van der Waals surface area contributed by atoms with E-state index in [-0.39, 0.29) is 11.8 Å². The fraction of sp³-hybridized carbons (Fsp3) is 0.846. The molecular formula is C13H28N4O2. The van der Waals surface area contributed by atoms with Crippen LogP contribution in [0.2, 0.25) is 0 Å². The first kappa shape index (κ1) is 17.9. The van der Waals surface area contributed by atoms with Crippen LogP contribution in [0.5, 0.6) is 0 Å². The van der Waals surface area contributed by atoms with Crippen molar-refractivity contribution >= 4 is 11.8 Å². The Labute approximate surface area is 116 Å². The summed E-state index contributed by atoms with van der Waals surface area (Å²) < 4.78 is 0. The van der Waals surface area contributed by atoms with Crippen molar-refractivity contribution in [3.05, 3.63) is 0 Å². The van der Waals surface area contributed by atoms with Crippen molar-refractivity contribution in [3.8, 4) is 0 Å². The second-order valence-corrected chi connectivity index (χ2v) is 4.81. The number of amides is 2. The summed E-state index contributed by atoms with van der Waals surface area (Å²) in [6.45, 7) is 3.48. The van der Waals surface area contributed by atoms with E-state index in [1.54, 1.807) is 14.1 Å². The van der Waals surface area contributed by atoms with Crippen LogP contribution in [0.15, 0.2) is 0 Å². The Balaban J connectivity index is 3.55. The van der Waals surface area contributed by atoms with Crippen LogP contribution < -0.4 is 10.6 Å². The molecule has 0 bridgehead atoms. The molecule has 0 heterocycles. The maximum Gasteiger partial charge on any atom is 0.221 e. The third-order valence-corrected chi connectivity index (χ3v) is 3.08. The zero-order valence-electron chi connectivity index (χ0n) is 12.7. The normalized spacial score (nSPS) is 10.8. The van der Waals surface area contributed by atoms with Crippen LogP contribution in [0, 0.1) is 0 Å². The Morgan fingerprint density at radius 3 is 1.47 bits per heavy atom. The van der Waals surface area contributed by atoms with Gasteiger partial charge in [0, 0.05) is 40.0 Å². The molecule has 0 aromatic carbocycles. The van der Waals surface area contributed by atoms with E-state index in [9.17, 15) is 9.59 Å².